The van der Waals surface area contributed by atoms with Crippen LogP contribution in [0.25, 0.3) is 0 Å². The Balaban J connectivity index is 2.61. The lowest BCUT2D eigenvalue weighted by atomic mass is 10.3. The Labute approximate surface area is 86.5 Å². The summed E-state index contributed by atoms with van der Waals surface area (Å²) in [4.78, 5) is 27.0. The van der Waals surface area contributed by atoms with Gasteiger partial charge in [-0.05, 0) is 6.92 Å². The SMILES string of the molecule is Cc1ncoc1C(=O)N(C)CCC(=O)O. The maximum Gasteiger partial charge on any atom is 0.305 e. The first-order valence-corrected chi connectivity index (χ1v) is 4.39. The summed E-state index contributed by atoms with van der Waals surface area (Å²) in [5.74, 6) is -1.14. The van der Waals surface area contributed by atoms with Gasteiger partial charge >= 0.3 is 5.97 Å². The van der Waals surface area contributed by atoms with Crippen LogP contribution in [0.5, 0.6) is 0 Å². The van der Waals surface area contributed by atoms with Crippen LogP contribution >= 0.6 is 0 Å². The molecule has 6 heteroatoms. The van der Waals surface area contributed by atoms with E-state index < -0.39 is 5.97 Å². The van der Waals surface area contributed by atoms with E-state index in [-0.39, 0.29) is 24.6 Å². The normalized spacial score (nSPS) is 10.0. The van der Waals surface area contributed by atoms with Gasteiger partial charge in [-0.2, -0.15) is 0 Å². The number of rotatable bonds is 4. The van der Waals surface area contributed by atoms with Crippen molar-refractivity contribution in [1.82, 2.24) is 9.88 Å². The summed E-state index contributed by atoms with van der Waals surface area (Å²) >= 11 is 0. The summed E-state index contributed by atoms with van der Waals surface area (Å²) in [6, 6.07) is 0. The molecule has 1 aromatic heterocycles. The van der Waals surface area contributed by atoms with Crippen LogP contribution in [-0.2, 0) is 4.79 Å². The quantitative estimate of drug-likeness (QED) is 0.787. The maximum atomic E-state index is 11.6. The molecule has 0 radical (unpaired) electrons. The van der Waals surface area contributed by atoms with E-state index in [0.29, 0.717) is 5.69 Å². The molecule has 0 saturated heterocycles. The molecular formula is C9H12N2O4. The van der Waals surface area contributed by atoms with Gasteiger partial charge < -0.3 is 14.4 Å². The predicted molar refractivity (Wildman–Crippen MR) is 50.5 cm³/mol. The second-order valence-corrected chi connectivity index (χ2v) is 3.14. The number of carbonyl (C=O) groups is 2. The van der Waals surface area contributed by atoms with E-state index in [1.165, 1.54) is 18.3 Å². The molecule has 6 nitrogen and oxygen atoms in total. The summed E-state index contributed by atoms with van der Waals surface area (Å²) in [6.07, 6.45) is 1.10. The van der Waals surface area contributed by atoms with Crippen LogP contribution in [0.3, 0.4) is 0 Å². The number of carboxylic acids is 1. The Kier molecular flexibility index (Phi) is 3.43. The number of oxazole rings is 1. The van der Waals surface area contributed by atoms with Crippen LogP contribution in [0.2, 0.25) is 0 Å². The van der Waals surface area contributed by atoms with Crippen molar-refractivity contribution < 1.29 is 19.1 Å². The lowest BCUT2D eigenvalue weighted by molar-refractivity contribution is -0.137. The molecule has 15 heavy (non-hydrogen) atoms. The average molecular weight is 212 g/mol. The highest BCUT2D eigenvalue weighted by Gasteiger charge is 2.18. The van der Waals surface area contributed by atoms with Gasteiger partial charge in [0.25, 0.3) is 5.91 Å². The fraction of sp³-hybridized carbons (Fsp3) is 0.444. The third kappa shape index (κ3) is 2.80. The van der Waals surface area contributed by atoms with Gasteiger partial charge in [-0.15, -0.1) is 0 Å². The summed E-state index contributed by atoms with van der Waals surface area (Å²) in [5.41, 5.74) is 0.502. The third-order valence-corrected chi connectivity index (χ3v) is 1.95. The Hall–Kier alpha value is -1.85. The number of carbonyl (C=O) groups excluding carboxylic acids is 1. The number of carboxylic acid groups (broad SMARTS) is 1. The van der Waals surface area contributed by atoms with Crippen molar-refractivity contribution in [1.29, 1.82) is 0 Å². The molecule has 0 atom stereocenters. The monoisotopic (exact) mass is 212 g/mol. The zero-order chi connectivity index (χ0) is 11.4. The fourth-order valence-electron chi connectivity index (χ4n) is 1.05. The van der Waals surface area contributed by atoms with Crippen molar-refractivity contribution in [2.75, 3.05) is 13.6 Å². The predicted octanol–water partition coefficient (Wildman–Crippen LogP) is 0.530. The molecule has 1 N–H and O–H groups in total. The molecule has 0 aliphatic rings. The first-order valence-electron chi connectivity index (χ1n) is 4.39. The summed E-state index contributed by atoms with van der Waals surface area (Å²) in [5, 5.41) is 8.46. The van der Waals surface area contributed by atoms with Crippen LogP contribution in [0, 0.1) is 6.92 Å². The summed E-state index contributed by atoms with van der Waals surface area (Å²) in [6.45, 7) is 1.80. The molecule has 0 fully saturated rings. The number of aromatic nitrogens is 1. The van der Waals surface area contributed by atoms with Crippen LogP contribution in [0.4, 0.5) is 0 Å². The molecule has 0 aromatic carbocycles. The van der Waals surface area contributed by atoms with Gasteiger partial charge in [-0.25, -0.2) is 4.98 Å². The van der Waals surface area contributed by atoms with Gasteiger partial charge in [0.15, 0.2) is 6.39 Å². The first kappa shape index (κ1) is 11.2. The maximum absolute atomic E-state index is 11.6. The standard InChI is InChI=1S/C9H12N2O4/c1-6-8(15-5-10-6)9(14)11(2)4-3-7(12)13/h5H,3-4H2,1-2H3,(H,12,13). The van der Waals surface area contributed by atoms with E-state index in [4.69, 9.17) is 9.52 Å². The Morgan fingerprint density at radius 3 is 2.73 bits per heavy atom. The van der Waals surface area contributed by atoms with Gasteiger partial charge in [0.05, 0.1) is 12.1 Å². The lowest BCUT2D eigenvalue weighted by Gasteiger charge is -2.14. The lowest BCUT2D eigenvalue weighted by Crippen LogP contribution is -2.29. The van der Waals surface area contributed by atoms with Gasteiger partial charge in [0, 0.05) is 13.6 Å². The van der Waals surface area contributed by atoms with Crippen LogP contribution < -0.4 is 0 Å². The molecule has 1 amide bonds. The molecule has 0 aliphatic heterocycles. The van der Waals surface area contributed by atoms with Crippen LogP contribution in [0.1, 0.15) is 22.7 Å². The molecule has 1 rings (SSSR count). The van der Waals surface area contributed by atoms with Crippen molar-refractivity contribution in [2.24, 2.45) is 0 Å². The number of amides is 1. The van der Waals surface area contributed by atoms with Crippen molar-refractivity contribution >= 4 is 11.9 Å². The number of nitrogens with zero attached hydrogens (tertiary/aromatic N) is 2. The Bertz CT molecular complexity index is 372. The van der Waals surface area contributed by atoms with E-state index in [9.17, 15) is 9.59 Å². The highest BCUT2D eigenvalue weighted by Crippen LogP contribution is 2.08. The van der Waals surface area contributed by atoms with Gasteiger partial charge in [-0.1, -0.05) is 0 Å². The van der Waals surface area contributed by atoms with Gasteiger partial charge in [0.1, 0.15) is 0 Å². The number of aryl methyl sites for hydroxylation is 1. The molecule has 0 aliphatic carbocycles. The summed E-state index contributed by atoms with van der Waals surface area (Å²) < 4.78 is 4.90. The number of aliphatic carboxylic acids is 1. The number of hydrogen-bond donors (Lipinski definition) is 1. The molecule has 0 unspecified atom stereocenters. The van der Waals surface area contributed by atoms with E-state index in [2.05, 4.69) is 4.98 Å². The molecule has 0 bridgehead atoms. The topological polar surface area (TPSA) is 83.6 Å². The molecule has 1 aromatic rings. The first-order chi connectivity index (χ1) is 7.02. The van der Waals surface area contributed by atoms with Crippen molar-refractivity contribution in [2.45, 2.75) is 13.3 Å². The van der Waals surface area contributed by atoms with Crippen LogP contribution in [-0.4, -0.2) is 40.5 Å². The Morgan fingerprint density at radius 2 is 2.27 bits per heavy atom. The van der Waals surface area contributed by atoms with Crippen LogP contribution in [0.15, 0.2) is 10.8 Å². The largest absolute Gasteiger partial charge is 0.481 e. The minimum Gasteiger partial charge on any atom is -0.481 e. The molecular weight excluding hydrogens is 200 g/mol. The fourth-order valence-corrected chi connectivity index (χ4v) is 1.05. The van der Waals surface area contributed by atoms with Gasteiger partial charge in [-0.3, -0.25) is 9.59 Å². The number of hydrogen-bond acceptors (Lipinski definition) is 4. The second kappa shape index (κ2) is 4.59. The van der Waals surface area contributed by atoms with Gasteiger partial charge in [0.2, 0.25) is 5.76 Å². The summed E-state index contributed by atoms with van der Waals surface area (Å²) in [7, 11) is 1.52. The van der Waals surface area contributed by atoms with E-state index >= 15 is 0 Å². The molecule has 82 valence electrons. The van der Waals surface area contributed by atoms with E-state index in [0.717, 1.165) is 0 Å². The molecule has 0 spiro atoms. The molecule has 0 saturated carbocycles. The minimum atomic E-state index is -0.941. The van der Waals surface area contributed by atoms with E-state index in [1.807, 2.05) is 0 Å². The smallest absolute Gasteiger partial charge is 0.305 e. The third-order valence-electron chi connectivity index (χ3n) is 1.95. The Morgan fingerprint density at radius 1 is 1.60 bits per heavy atom. The van der Waals surface area contributed by atoms with Crippen molar-refractivity contribution in [3.8, 4) is 0 Å². The second-order valence-electron chi connectivity index (χ2n) is 3.14. The average Bonchev–Trinajstić information content (AvgIpc) is 2.59. The minimum absolute atomic E-state index is 0.0879. The zero-order valence-electron chi connectivity index (χ0n) is 8.56. The molecule has 1 heterocycles. The van der Waals surface area contributed by atoms with Crippen molar-refractivity contribution in [3.63, 3.8) is 0 Å². The highest BCUT2D eigenvalue weighted by atomic mass is 16.4. The van der Waals surface area contributed by atoms with Crippen molar-refractivity contribution in [3.05, 3.63) is 17.8 Å². The highest BCUT2D eigenvalue weighted by molar-refractivity contribution is 5.92. The van der Waals surface area contributed by atoms with E-state index in [1.54, 1.807) is 6.92 Å². The zero-order valence-corrected chi connectivity index (χ0v) is 8.56.